The van der Waals surface area contributed by atoms with Crippen LogP contribution >= 0.6 is 0 Å². The fourth-order valence-electron chi connectivity index (χ4n) is 0.356. The van der Waals surface area contributed by atoms with Crippen LogP contribution in [0.25, 0.3) is 0 Å². The van der Waals surface area contributed by atoms with Crippen LogP contribution in [-0.2, 0) is 9.53 Å². The van der Waals surface area contributed by atoms with E-state index in [0.717, 1.165) is 0 Å². The van der Waals surface area contributed by atoms with Crippen molar-refractivity contribution in [2.24, 2.45) is 0 Å². The molecule has 0 spiro atoms. The molecule has 0 aliphatic rings. The maximum Gasteiger partial charge on any atom is 0.332 e. The number of aliphatic carboxylic acids is 1. The van der Waals surface area contributed by atoms with Crippen LogP contribution in [0.2, 0.25) is 0 Å². The summed E-state index contributed by atoms with van der Waals surface area (Å²) in [5.41, 5.74) is 0. The Kier molecular flexibility index (Phi) is 11.0. The molecule has 15 heavy (non-hydrogen) atoms. The van der Waals surface area contributed by atoms with E-state index in [-0.39, 0.29) is 12.7 Å². The standard InChI is InChI=1S/C6H14O3.C3H6O3/c1-5(8)4-9-6(2)3-7;1-2(4)3(5)6/h5-8H,3-4H2,1-2H3;2,4H,1H3,(H,5,6). The van der Waals surface area contributed by atoms with E-state index in [1.165, 1.54) is 6.92 Å². The zero-order chi connectivity index (χ0) is 12.4. The Hall–Kier alpha value is -0.690. The molecule has 0 aromatic carbocycles. The maximum absolute atomic E-state index is 9.45. The minimum Gasteiger partial charge on any atom is -0.479 e. The number of aliphatic hydroxyl groups is 3. The summed E-state index contributed by atoms with van der Waals surface area (Å²) in [5.74, 6) is -1.19. The average Bonchev–Trinajstić information content (AvgIpc) is 2.14. The molecule has 0 fully saturated rings. The van der Waals surface area contributed by atoms with E-state index < -0.39 is 18.2 Å². The lowest BCUT2D eigenvalue weighted by molar-refractivity contribution is -0.145. The summed E-state index contributed by atoms with van der Waals surface area (Å²) in [6.45, 7) is 4.89. The Balaban J connectivity index is 0. The van der Waals surface area contributed by atoms with Gasteiger partial charge in [0.05, 0.1) is 25.4 Å². The van der Waals surface area contributed by atoms with Crippen LogP contribution in [0.4, 0.5) is 0 Å². The Labute approximate surface area is 89.1 Å². The van der Waals surface area contributed by atoms with E-state index in [0.29, 0.717) is 6.61 Å². The highest BCUT2D eigenvalue weighted by Gasteiger charge is 2.01. The SMILES string of the molecule is CC(O)C(=O)O.CC(O)COC(C)CO. The van der Waals surface area contributed by atoms with E-state index in [1.807, 2.05) is 0 Å². The highest BCUT2D eigenvalue weighted by molar-refractivity contribution is 5.71. The van der Waals surface area contributed by atoms with E-state index in [1.54, 1.807) is 13.8 Å². The van der Waals surface area contributed by atoms with Crippen molar-refractivity contribution < 1.29 is 30.0 Å². The molecule has 0 rings (SSSR count). The Morgan fingerprint density at radius 1 is 1.27 bits per heavy atom. The van der Waals surface area contributed by atoms with Crippen molar-refractivity contribution in [2.45, 2.75) is 39.1 Å². The molecule has 3 unspecified atom stereocenters. The number of hydrogen-bond acceptors (Lipinski definition) is 5. The van der Waals surface area contributed by atoms with Crippen LogP contribution in [-0.4, -0.2) is 57.9 Å². The van der Waals surface area contributed by atoms with Crippen molar-refractivity contribution in [3.63, 3.8) is 0 Å². The highest BCUT2D eigenvalue weighted by atomic mass is 16.5. The van der Waals surface area contributed by atoms with Crippen LogP contribution in [0.15, 0.2) is 0 Å². The molecular weight excluding hydrogens is 204 g/mol. The van der Waals surface area contributed by atoms with Crippen molar-refractivity contribution in [3.05, 3.63) is 0 Å². The van der Waals surface area contributed by atoms with Crippen LogP contribution in [0.5, 0.6) is 0 Å². The van der Waals surface area contributed by atoms with Crippen molar-refractivity contribution in [3.8, 4) is 0 Å². The number of hydrogen-bond donors (Lipinski definition) is 4. The molecule has 3 atom stereocenters. The normalized spacial score (nSPS) is 15.9. The summed E-state index contributed by atoms with van der Waals surface area (Å²) in [4.78, 5) is 9.45. The fraction of sp³-hybridized carbons (Fsp3) is 0.889. The molecule has 0 saturated carbocycles. The first kappa shape index (κ1) is 16.7. The molecule has 0 amide bonds. The first-order valence-electron chi connectivity index (χ1n) is 4.62. The predicted octanol–water partition coefficient (Wildman–Crippen LogP) is -0.784. The first-order valence-corrected chi connectivity index (χ1v) is 4.62. The lowest BCUT2D eigenvalue weighted by atomic mass is 10.4. The smallest absolute Gasteiger partial charge is 0.332 e. The molecule has 6 nitrogen and oxygen atoms in total. The lowest BCUT2D eigenvalue weighted by Gasteiger charge is -2.10. The molecule has 92 valence electrons. The number of carboxylic acid groups (broad SMARTS) is 1. The third-order valence-electron chi connectivity index (χ3n) is 1.24. The van der Waals surface area contributed by atoms with Gasteiger partial charge < -0.3 is 25.2 Å². The molecule has 0 aliphatic carbocycles. The van der Waals surface area contributed by atoms with E-state index in [9.17, 15) is 4.79 Å². The van der Waals surface area contributed by atoms with E-state index in [2.05, 4.69) is 0 Å². The van der Waals surface area contributed by atoms with Gasteiger partial charge in [-0.05, 0) is 20.8 Å². The van der Waals surface area contributed by atoms with Gasteiger partial charge in [-0.25, -0.2) is 4.79 Å². The molecule has 6 heteroatoms. The van der Waals surface area contributed by atoms with Crippen molar-refractivity contribution >= 4 is 5.97 Å². The Morgan fingerprint density at radius 2 is 1.67 bits per heavy atom. The van der Waals surface area contributed by atoms with E-state index >= 15 is 0 Å². The fourth-order valence-corrected chi connectivity index (χ4v) is 0.356. The zero-order valence-electron chi connectivity index (χ0n) is 9.25. The number of aliphatic hydroxyl groups excluding tert-OH is 3. The Bertz CT molecular complexity index is 157. The first-order chi connectivity index (χ1) is 6.81. The quantitative estimate of drug-likeness (QED) is 0.488. The second kappa shape index (κ2) is 9.85. The van der Waals surface area contributed by atoms with Gasteiger partial charge in [0, 0.05) is 0 Å². The van der Waals surface area contributed by atoms with Gasteiger partial charge in [0.1, 0.15) is 6.10 Å². The van der Waals surface area contributed by atoms with Gasteiger partial charge in [0.2, 0.25) is 0 Å². The third-order valence-corrected chi connectivity index (χ3v) is 1.24. The van der Waals surface area contributed by atoms with Crippen LogP contribution in [0.1, 0.15) is 20.8 Å². The van der Waals surface area contributed by atoms with Gasteiger partial charge >= 0.3 is 5.97 Å². The van der Waals surface area contributed by atoms with Gasteiger partial charge in [-0.15, -0.1) is 0 Å². The van der Waals surface area contributed by atoms with Crippen molar-refractivity contribution in [1.29, 1.82) is 0 Å². The minimum absolute atomic E-state index is 0.00667. The summed E-state index contributed by atoms with van der Waals surface area (Å²) in [5, 5.41) is 32.9. The number of carboxylic acids is 1. The molecular formula is C9H20O6. The maximum atomic E-state index is 9.45. The van der Waals surface area contributed by atoms with Crippen LogP contribution in [0, 0.1) is 0 Å². The molecule has 0 radical (unpaired) electrons. The van der Waals surface area contributed by atoms with Crippen molar-refractivity contribution in [1.82, 2.24) is 0 Å². The summed E-state index contributed by atoms with van der Waals surface area (Å²) >= 11 is 0. The third kappa shape index (κ3) is 16.0. The number of ether oxygens (including phenoxy) is 1. The number of rotatable bonds is 5. The molecule has 0 saturated heterocycles. The zero-order valence-corrected chi connectivity index (χ0v) is 9.25. The highest BCUT2D eigenvalue weighted by Crippen LogP contribution is 1.90. The minimum atomic E-state index is -1.23. The van der Waals surface area contributed by atoms with E-state index in [4.69, 9.17) is 25.2 Å². The van der Waals surface area contributed by atoms with Gasteiger partial charge in [0.15, 0.2) is 0 Å². The van der Waals surface area contributed by atoms with Gasteiger partial charge in [0.25, 0.3) is 0 Å². The van der Waals surface area contributed by atoms with Gasteiger partial charge in [-0.1, -0.05) is 0 Å². The predicted molar refractivity (Wildman–Crippen MR) is 53.5 cm³/mol. The van der Waals surface area contributed by atoms with Gasteiger partial charge in [-0.3, -0.25) is 0 Å². The second-order valence-electron chi connectivity index (χ2n) is 3.19. The molecule has 0 aromatic rings. The number of carbonyl (C=O) groups is 1. The summed E-state index contributed by atoms with van der Waals surface area (Å²) in [6, 6.07) is 0. The summed E-state index contributed by atoms with van der Waals surface area (Å²) < 4.78 is 4.95. The lowest BCUT2D eigenvalue weighted by Crippen LogP contribution is -2.19. The monoisotopic (exact) mass is 224 g/mol. The van der Waals surface area contributed by atoms with Crippen LogP contribution < -0.4 is 0 Å². The van der Waals surface area contributed by atoms with Gasteiger partial charge in [-0.2, -0.15) is 0 Å². The van der Waals surface area contributed by atoms with Crippen molar-refractivity contribution in [2.75, 3.05) is 13.2 Å². The molecule has 0 aromatic heterocycles. The summed E-state index contributed by atoms with van der Waals surface area (Å²) in [7, 11) is 0. The average molecular weight is 224 g/mol. The molecule has 0 aliphatic heterocycles. The second-order valence-corrected chi connectivity index (χ2v) is 3.19. The molecule has 0 bridgehead atoms. The Morgan fingerprint density at radius 3 is 1.87 bits per heavy atom. The van der Waals surface area contributed by atoms with Crippen LogP contribution in [0.3, 0.4) is 0 Å². The molecule has 0 heterocycles. The topological polar surface area (TPSA) is 107 Å². The largest absolute Gasteiger partial charge is 0.479 e. The molecule has 4 N–H and O–H groups in total. The summed E-state index contributed by atoms with van der Waals surface area (Å²) in [6.07, 6.45) is -1.84.